The molecule has 0 fully saturated rings. The summed E-state index contributed by atoms with van der Waals surface area (Å²) in [7, 11) is 0. The Bertz CT molecular complexity index is 2270. The monoisotopic (exact) mass is 853 g/mol. The molecule has 0 aliphatic rings. The first-order valence-electron chi connectivity index (χ1n) is 18.1. The molecular weight excluding hydrogens is 808 g/mol. The van der Waals surface area contributed by atoms with Crippen molar-refractivity contribution in [2.45, 2.75) is 79.6 Å². The molecule has 0 saturated heterocycles. The molecule has 0 spiro atoms. The van der Waals surface area contributed by atoms with Crippen molar-refractivity contribution in [3.05, 3.63) is 132 Å². The number of aromatic nitrogens is 4. The van der Waals surface area contributed by atoms with E-state index in [0.717, 1.165) is 57.9 Å². The van der Waals surface area contributed by atoms with Crippen molar-refractivity contribution < 1.29 is 25.8 Å². The summed E-state index contributed by atoms with van der Waals surface area (Å²) in [6, 6.07) is 38.9. The Morgan fingerprint density at radius 2 is 1.59 bits per heavy atom. The maximum absolute atomic E-state index is 6.52. The van der Waals surface area contributed by atoms with Gasteiger partial charge in [-0.25, -0.2) is 4.98 Å². The summed E-state index contributed by atoms with van der Waals surface area (Å²) in [6.07, 6.45) is 7.26. The standard InChI is InChI=1S/C45H46N4O.Pt/c1-7-40-45(33-16-10-9-11-17-33)41(8-2)49(47-40)35-18-13-19-36(28-35)50-37-21-22-38-39-27-34(32(6)15-12-14-30(3)4)20-23-42(39)48(43(38)29-37)44-26-31(5)24-25-46-44;/h9-11,13,16-27,30,32H,7-8,12,14-15H2,1-6H3;/q-2;+2. The maximum atomic E-state index is 6.52. The summed E-state index contributed by atoms with van der Waals surface area (Å²) in [5, 5.41) is 7.41. The minimum absolute atomic E-state index is 0. The molecule has 0 radical (unpaired) electrons. The van der Waals surface area contributed by atoms with Crippen LogP contribution in [0.5, 0.6) is 11.5 Å². The number of hydrogen-bond acceptors (Lipinski definition) is 3. The number of benzene rings is 4. The topological polar surface area (TPSA) is 44.9 Å². The fraction of sp³-hybridized carbons (Fsp3) is 0.289. The van der Waals surface area contributed by atoms with E-state index in [-0.39, 0.29) is 21.1 Å². The van der Waals surface area contributed by atoms with Gasteiger partial charge >= 0.3 is 21.1 Å². The fourth-order valence-corrected chi connectivity index (χ4v) is 7.14. The second kappa shape index (κ2) is 15.8. The van der Waals surface area contributed by atoms with E-state index < -0.39 is 0 Å². The molecule has 0 amide bonds. The third-order valence-electron chi connectivity index (χ3n) is 9.78. The summed E-state index contributed by atoms with van der Waals surface area (Å²) in [6.45, 7) is 13.4. The zero-order valence-corrected chi connectivity index (χ0v) is 32.7. The van der Waals surface area contributed by atoms with E-state index in [1.807, 2.05) is 41.2 Å². The van der Waals surface area contributed by atoms with Gasteiger partial charge in [0, 0.05) is 34.5 Å². The molecule has 7 rings (SSSR count). The number of nitrogens with zero attached hydrogens (tertiary/aromatic N) is 4. The molecule has 3 heterocycles. The average Bonchev–Trinajstić information content (AvgIpc) is 3.67. The molecule has 0 aliphatic heterocycles. The molecule has 0 aliphatic carbocycles. The molecule has 6 heteroatoms. The number of ether oxygens (including phenoxy) is 1. The van der Waals surface area contributed by atoms with Gasteiger partial charge in [0.2, 0.25) is 0 Å². The Morgan fingerprint density at radius 3 is 2.33 bits per heavy atom. The first kappa shape index (κ1) is 36.3. The summed E-state index contributed by atoms with van der Waals surface area (Å²) >= 11 is 0. The van der Waals surface area contributed by atoms with Crippen LogP contribution in [0.25, 0.3) is 44.4 Å². The predicted molar refractivity (Wildman–Crippen MR) is 206 cm³/mol. The molecule has 4 aromatic carbocycles. The molecule has 262 valence electrons. The first-order chi connectivity index (χ1) is 24.3. The molecule has 0 saturated carbocycles. The van der Waals surface area contributed by atoms with Gasteiger partial charge in [-0.3, -0.25) is 4.68 Å². The molecule has 3 aromatic heterocycles. The molecule has 1 atom stereocenters. The van der Waals surface area contributed by atoms with Crippen molar-refractivity contribution in [3.63, 3.8) is 0 Å². The van der Waals surface area contributed by atoms with Crippen molar-refractivity contribution in [3.8, 4) is 34.1 Å². The summed E-state index contributed by atoms with van der Waals surface area (Å²) in [4.78, 5) is 4.80. The van der Waals surface area contributed by atoms with E-state index >= 15 is 0 Å². The summed E-state index contributed by atoms with van der Waals surface area (Å²) in [5.74, 6) is 3.33. The average molecular weight is 854 g/mol. The van der Waals surface area contributed by atoms with E-state index in [2.05, 4.69) is 119 Å². The third-order valence-corrected chi connectivity index (χ3v) is 9.78. The fourth-order valence-electron chi connectivity index (χ4n) is 7.14. The Balaban J connectivity index is 0.00000448. The zero-order chi connectivity index (χ0) is 34.8. The van der Waals surface area contributed by atoms with Gasteiger partial charge in [-0.2, -0.15) is 17.2 Å². The first-order valence-corrected chi connectivity index (χ1v) is 18.1. The van der Waals surface area contributed by atoms with Gasteiger partial charge in [0.15, 0.2) is 0 Å². The number of fused-ring (bicyclic) bond motifs is 3. The van der Waals surface area contributed by atoms with Gasteiger partial charge in [0.05, 0.1) is 5.69 Å². The Labute approximate surface area is 317 Å². The van der Waals surface area contributed by atoms with Gasteiger partial charge in [-0.15, -0.1) is 35.7 Å². The number of rotatable bonds is 12. The van der Waals surface area contributed by atoms with Crippen LogP contribution < -0.4 is 4.74 Å². The molecule has 1 unspecified atom stereocenters. The number of pyridine rings is 1. The molecule has 51 heavy (non-hydrogen) atoms. The Kier molecular flexibility index (Phi) is 11.3. The summed E-state index contributed by atoms with van der Waals surface area (Å²) in [5.41, 5.74) is 10.1. The third kappa shape index (κ3) is 7.46. The van der Waals surface area contributed by atoms with Crippen LogP contribution in [0.15, 0.2) is 97.2 Å². The van der Waals surface area contributed by atoms with E-state index in [1.54, 1.807) is 0 Å². The van der Waals surface area contributed by atoms with Crippen molar-refractivity contribution >= 4 is 21.8 Å². The second-order valence-corrected chi connectivity index (χ2v) is 13.9. The molecule has 0 bridgehead atoms. The van der Waals surface area contributed by atoms with Crippen LogP contribution in [0.4, 0.5) is 0 Å². The van der Waals surface area contributed by atoms with E-state index in [0.29, 0.717) is 17.4 Å². The normalized spacial score (nSPS) is 12.1. The largest absolute Gasteiger partial charge is 2.00 e. The van der Waals surface area contributed by atoms with Crippen molar-refractivity contribution in [1.82, 2.24) is 19.3 Å². The zero-order valence-electron chi connectivity index (χ0n) is 30.4. The molecular formula is C45H46N4OPt. The maximum Gasteiger partial charge on any atom is 2.00 e. The van der Waals surface area contributed by atoms with E-state index in [9.17, 15) is 0 Å². The van der Waals surface area contributed by atoms with Gasteiger partial charge in [0.1, 0.15) is 5.82 Å². The second-order valence-electron chi connectivity index (χ2n) is 13.9. The van der Waals surface area contributed by atoms with Crippen LogP contribution in [0.2, 0.25) is 0 Å². The van der Waals surface area contributed by atoms with Crippen molar-refractivity contribution in [2.24, 2.45) is 5.92 Å². The van der Waals surface area contributed by atoms with Crippen molar-refractivity contribution in [1.29, 1.82) is 0 Å². The number of aryl methyl sites for hydroxylation is 2. The van der Waals surface area contributed by atoms with Crippen LogP contribution in [0.3, 0.4) is 0 Å². The quantitative estimate of drug-likeness (QED) is 0.115. The van der Waals surface area contributed by atoms with Gasteiger partial charge in [-0.05, 0) is 84.0 Å². The van der Waals surface area contributed by atoms with Crippen LogP contribution in [-0.4, -0.2) is 19.3 Å². The van der Waals surface area contributed by atoms with Crippen LogP contribution in [0, 0.1) is 25.0 Å². The van der Waals surface area contributed by atoms with Crippen LogP contribution in [0.1, 0.15) is 82.3 Å². The van der Waals surface area contributed by atoms with Crippen LogP contribution in [-0.2, 0) is 33.9 Å². The Morgan fingerprint density at radius 1 is 0.784 bits per heavy atom. The Hall–Kier alpha value is -4.47. The minimum atomic E-state index is 0. The van der Waals surface area contributed by atoms with Gasteiger partial charge < -0.3 is 9.30 Å². The van der Waals surface area contributed by atoms with E-state index in [1.165, 1.54) is 47.0 Å². The molecule has 5 nitrogen and oxygen atoms in total. The van der Waals surface area contributed by atoms with Gasteiger partial charge in [0.25, 0.3) is 0 Å². The van der Waals surface area contributed by atoms with E-state index in [4.69, 9.17) is 14.8 Å². The van der Waals surface area contributed by atoms with Crippen molar-refractivity contribution in [2.75, 3.05) is 0 Å². The SMILES string of the molecule is CCc1nn(-c2[c-]c(Oc3[c-]c4c(cc3)c3cc(C(C)CCCC(C)C)ccc3n4-c3cc(C)ccn3)ccc2)c(CC)c1-c1ccccc1.[Pt+2]. The smallest absolute Gasteiger partial charge is 0.509 e. The van der Waals surface area contributed by atoms with Gasteiger partial charge in [-0.1, -0.05) is 95.4 Å². The van der Waals surface area contributed by atoms with Crippen LogP contribution >= 0.6 is 0 Å². The molecule has 7 aromatic rings. The summed E-state index contributed by atoms with van der Waals surface area (Å²) < 4.78 is 10.8. The molecule has 0 N–H and O–H groups in total. The predicted octanol–water partition coefficient (Wildman–Crippen LogP) is 11.8. The minimum Gasteiger partial charge on any atom is -0.509 e. The number of hydrogen-bond donors (Lipinski definition) is 0.